The molecule has 0 spiro atoms. The van der Waals surface area contributed by atoms with E-state index in [-0.39, 0.29) is 17.9 Å². The van der Waals surface area contributed by atoms with E-state index in [4.69, 9.17) is 4.98 Å². The zero-order chi connectivity index (χ0) is 25.2. The van der Waals surface area contributed by atoms with Crippen molar-refractivity contribution < 1.29 is 9.59 Å². The summed E-state index contributed by atoms with van der Waals surface area (Å²) in [5.41, 5.74) is 5.44. The number of carbonyl (C=O) groups is 2. The van der Waals surface area contributed by atoms with Crippen LogP contribution in [0.4, 0.5) is 11.6 Å². The number of hydrogen-bond donors (Lipinski definition) is 4. The van der Waals surface area contributed by atoms with Gasteiger partial charge in [-0.2, -0.15) is 4.98 Å². The molecule has 2 aliphatic rings. The molecule has 1 saturated heterocycles. The third kappa shape index (κ3) is 5.46. The molecule has 1 aliphatic carbocycles. The molecule has 2 amide bonds. The molecule has 6 rings (SSSR count). The maximum absolute atomic E-state index is 12.2. The van der Waals surface area contributed by atoms with Crippen molar-refractivity contribution in [3.63, 3.8) is 0 Å². The number of fused-ring (bicyclic) bond motifs is 1. The Morgan fingerprint density at radius 1 is 1.03 bits per heavy atom. The van der Waals surface area contributed by atoms with Gasteiger partial charge in [0, 0.05) is 54.6 Å². The Morgan fingerprint density at radius 3 is 2.57 bits per heavy atom. The summed E-state index contributed by atoms with van der Waals surface area (Å²) in [4.78, 5) is 28.3. The summed E-state index contributed by atoms with van der Waals surface area (Å²) in [6, 6.07) is 20.3. The number of carbonyl (C=O) groups excluding carboxylic acids is 2. The normalized spacial score (nSPS) is 17.1. The molecule has 1 atom stereocenters. The SMILES string of the molecule is O=C1CCC(CNCc2ccc(-c3cccn4nc(Nc5ccc(C(=O)NC6CC6)cc5)nc34)cc2)N1. The number of nitrogens with zero attached hydrogens (tertiary/aromatic N) is 3. The summed E-state index contributed by atoms with van der Waals surface area (Å²) in [6.45, 7) is 1.52. The largest absolute Gasteiger partial charge is 0.352 e. The van der Waals surface area contributed by atoms with Crippen molar-refractivity contribution in [2.75, 3.05) is 11.9 Å². The van der Waals surface area contributed by atoms with Gasteiger partial charge < -0.3 is 21.3 Å². The van der Waals surface area contributed by atoms with Crippen molar-refractivity contribution in [1.82, 2.24) is 30.5 Å². The maximum atomic E-state index is 12.2. The first-order chi connectivity index (χ1) is 18.1. The molecule has 2 fully saturated rings. The third-order valence-corrected chi connectivity index (χ3v) is 6.75. The van der Waals surface area contributed by atoms with Gasteiger partial charge in [-0.3, -0.25) is 9.59 Å². The van der Waals surface area contributed by atoms with E-state index in [0.717, 1.165) is 54.8 Å². The van der Waals surface area contributed by atoms with Gasteiger partial charge in [0.15, 0.2) is 5.65 Å². The molecular weight excluding hydrogens is 466 g/mol. The van der Waals surface area contributed by atoms with Crippen LogP contribution in [-0.4, -0.2) is 45.0 Å². The molecule has 2 aromatic carbocycles. The highest BCUT2D eigenvalue weighted by atomic mass is 16.2. The smallest absolute Gasteiger partial charge is 0.251 e. The van der Waals surface area contributed by atoms with Crippen LogP contribution in [0.25, 0.3) is 16.8 Å². The highest BCUT2D eigenvalue weighted by Crippen LogP contribution is 2.26. The fourth-order valence-electron chi connectivity index (χ4n) is 4.54. The number of rotatable bonds is 9. The average Bonchev–Trinajstić information content (AvgIpc) is 3.47. The van der Waals surface area contributed by atoms with Crippen LogP contribution in [0.2, 0.25) is 0 Å². The Bertz CT molecular complexity index is 1430. The lowest BCUT2D eigenvalue weighted by Gasteiger charge is -2.11. The fraction of sp³-hybridized carbons (Fsp3) is 0.286. The minimum absolute atomic E-state index is 0.0337. The Kier molecular flexibility index (Phi) is 6.28. The van der Waals surface area contributed by atoms with Gasteiger partial charge in [0.25, 0.3) is 5.91 Å². The molecule has 1 aliphatic heterocycles. The number of anilines is 2. The van der Waals surface area contributed by atoms with Crippen molar-refractivity contribution in [3.8, 4) is 11.1 Å². The van der Waals surface area contributed by atoms with E-state index >= 15 is 0 Å². The molecule has 0 bridgehead atoms. The first-order valence-corrected chi connectivity index (χ1v) is 12.7. The standard InChI is InChI=1S/C28H29N7O2/c36-25-14-13-23(30-25)17-29-16-18-3-5-19(6-4-18)24-2-1-15-35-26(24)33-28(34-35)32-22-9-7-20(8-10-22)27(37)31-21-11-12-21/h1-10,15,21,23,29H,11-14,16-17H2,(H,30,36)(H,31,37)(H,32,34). The first kappa shape index (κ1) is 23.2. The van der Waals surface area contributed by atoms with Gasteiger partial charge in [-0.05, 0) is 66.8 Å². The molecule has 1 unspecified atom stereocenters. The van der Waals surface area contributed by atoms with Crippen LogP contribution in [0, 0.1) is 0 Å². The Balaban J connectivity index is 1.11. The number of nitrogens with one attached hydrogen (secondary N) is 4. The van der Waals surface area contributed by atoms with Crippen molar-refractivity contribution in [2.45, 2.75) is 44.3 Å². The van der Waals surface area contributed by atoms with E-state index < -0.39 is 0 Å². The Labute approximate surface area is 214 Å². The van der Waals surface area contributed by atoms with Gasteiger partial charge in [-0.1, -0.05) is 24.3 Å². The van der Waals surface area contributed by atoms with Crippen molar-refractivity contribution in [2.24, 2.45) is 0 Å². The molecule has 2 aromatic heterocycles. The Morgan fingerprint density at radius 2 is 1.84 bits per heavy atom. The van der Waals surface area contributed by atoms with Crippen LogP contribution in [0.1, 0.15) is 41.6 Å². The van der Waals surface area contributed by atoms with Crippen LogP contribution >= 0.6 is 0 Å². The van der Waals surface area contributed by atoms with Crippen molar-refractivity contribution >= 4 is 29.1 Å². The summed E-state index contributed by atoms with van der Waals surface area (Å²) < 4.78 is 1.76. The predicted molar refractivity (Wildman–Crippen MR) is 142 cm³/mol. The molecule has 9 nitrogen and oxygen atoms in total. The van der Waals surface area contributed by atoms with E-state index in [0.29, 0.717) is 24.0 Å². The zero-order valence-corrected chi connectivity index (χ0v) is 20.4. The molecule has 4 aromatic rings. The van der Waals surface area contributed by atoms with Crippen LogP contribution < -0.4 is 21.3 Å². The van der Waals surface area contributed by atoms with Crippen LogP contribution in [-0.2, 0) is 11.3 Å². The molecule has 3 heterocycles. The second-order valence-corrected chi connectivity index (χ2v) is 9.71. The van der Waals surface area contributed by atoms with Gasteiger partial charge >= 0.3 is 0 Å². The maximum Gasteiger partial charge on any atom is 0.251 e. The highest BCUT2D eigenvalue weighted by Gasteiger charge is 2.23. The summed E-state index contributed by atoms with van der Waals surface area (Å²) >= 11 is 0. The molecular formula is C28H29N7O2. The second kappa shape index (κ2) is 10.0. The number of pyridine rings is 1. The monoisotopic (exact) mass is 495 g/mol. The molecule has 37 heavy (non-hydrogen) atoms. The Hall–Kier alpha value is -4.24. The minimum Gasteiger partial charge on any atom is -0.352 e. The van der Waals surface area contributed by atoms with Crippen molar-refractivity contribution in [1.29, 1.82) is 0 Å². The molecule has 1 saturated carbocycles. The van der Waals surface area contributed by atoms with E-state index in [2.05, 4.69) is 50.6 Å². The predicted octanol–water partition coefficient (Wildman–Crippen LogP) is 3.40. The quantitative estimate of drug-likeness (QED) is 0.283. The lowest BCUT2D eigenvalue weighted by atomic mass is 10.0. The van der Waals surface area contributed by atoms with Crippen LogP contribution in [0.3, 0.4) is 0 Å². The van der Waals surface area contributed by atoms with Gasteiger partial charge in [0.2, 0.25) is 11.9 Å². The summed E-state index contributed by atoms with van der Waals surface area (Å²) in [7, 11) is 0. The van der Waals surface area contributed by atoms with Gasteiger partial charge in [0.05, 0.1) is 0 Å². The average molecular weight is 496 g/mol. The summed E-state index contributed by atoms with van der Waals surface area (Å²) in [5.74, 6) is 0.597. The van der Waals surface area contributed by atoms with E-state index in [1.165, 1.54) is 5.56 Å². The van der Waals surface area contributed by atoms with Crippen molar-refractivity contribution in [3.05, 3.63) is 78.0 Å². The van der Waals surface area contributed by atoms with Crippen LogP contribution in [0.15, 0.2) is 66.9 Å². The zero-order valence-electron chi connectivity index (χ0n) is 20.4. The minimum atomic E-state index is -0.0337. The van der Waals surface area contributed by atoms with Crippen LogP contribution in [0.5, 0.6) is 0 Å². The van der Waals surface area contributed by atoms with E-state index in [1.807, 2.05) is 42.6 Å². The number of hydrogen-bond acceptors (Lipinski definition) is 6. The first-order valence-electron chi connectivity index (χ1n) is 12.7. The third-order valence-electron chi connectivity index (χ3n) is 6.75. The molecule has 188 valence electrons. The fourth-order valence-corrected chi connectivity index (χ4v) is 4.54. The summed E-state index contributed by atoms with van der Waals surface area (Å²) in [5, 5.41) is 17.2. The van der Waals surface area contributed by atoms with Gasteiger partial charge in [0.1, 0.15) is 0 Å². The topological polar surface area (TPSA) is 112 Å². The molecule has 4 N–H and O–H groups in total. The highest BCUT2D eigenvalue weighted by molar-refractivity contribution is 5.95. The summed E-state index contributed by atoms with van der Waals surface area (Å²) in [6.07, 6.45) is 5.53. The second-order valence-electron chi connectivity index (χ2n) is 9.71. The number of amides is 2. The van der Waals surface area contributed by atoms with E-state index in [1.54, 1.807) is 4.52 Å². The van der Waals surface area contributed by atoms with Gasteiger partial charge in [-0.25, -0.2) is 4.52 Å². The lowest BCUT2D eigenvalue weighted by molar-refractivity contribution is -0.119. The van der Waals surface area contributed by atoms with Gasteiger partial charge in [-0.15, -0.1) is 5.10 Å². The molecule has 9 heteroatoms. The molecule has 0 radical (unpaired) electrons. The number of aromatic nitrogens is 3. The van der Waals surface area contributed by atoms with E-state index in [9.17, 15) is 9.59 Å². The lowest BCUT2D eigenvalue weighted by Crippen LogP contribution is -2.35. The number of benzene rings is 2.